The molecular weight excluding hydrogens is 242 g/mol. The minimum Gasteiger partial charge on any atom is -0.465 e. The van der Waals surface area contributed by atoms with Crippen molar-refractivity contribution in [2.45, 2.75) is 59.1 Å². The van der Waals surface area contributed by atoms with Gasteiger partial charge < -0.3 is 14.8 Å². The van der Waals surface area contributed by atoms with E-state index in [-0.39, 0.29) is 18.1 Å². The van der Waals surface area contributed by atoms with Crippen LogP contribution in [-0.2, 0) is 14.3 Å². The van der Waals surface area contributed by atoms with Gasteiger partial charge in [0.1, 0.15) is 6.04 Å². The Morgan fingerprint density at radius 3 is 2.63 bits per heavy atom. The second-order valence-corrected chi connectivity index (χ2v) is 6.46. The van der Waals surface area contributed by atoms with Crippen molar-refractivity contribution in [1.82, 2.24) is 5.32 Å². The average molecular weight is 271 g/mol. The first-order valence-electron chi connectivity index (χ1n) is 7.33. The molecular formula is C15H29NO3. The molecule has 0 aromatic carbocycles. The third-order valence-corrected chi connectivity index (χ3v) is 3.76. The molecule has 1 rings (SSSR count). The zero-order valence-corrected chi connectivity index (χ0v) is 13.0. The van der Waals surface area contributed by atoms with Gasteiger partial charge in [-0.05, 0) is 44.6 Å². The van der Waals surface area contributed by atoms with Gasteiger partial charge in [0.2, 0.25) is 0 Å². The van der Waals surface area contributed by atoms with Crippen LogP contribution in [0.3, 0.4) is 0 Å². The van der Waals surface area contributed by atoms with Crippen molar-refractivity contribution >= 4 is 5.97 Å². The molecule has 0 radical (unpaired) electrons. The van der Waals surface area contributed by atoms with E-state index in [1.807, 2.05) is 6.92 Å². The number of hydrogen-bond donors (Lipinski definition) is 1. The molecule has 0 bridgehead atoms. The molecule has 4 nitrogen and oxygen atoms in total. The van der Waals surface area contributed by atoms with Crippen LogP contribution in [0.4, 0.5) is 0 Å². The molecule has 3 atom stereocenters. The Balaban J connectivity index is 2.44. The number of nitrogens with one attached hydrogen (secondary N) is 1. The second-order valence-electron chi connectivity index (χ2n) is 6.46. The van der Waals surface area contributed by atoms with Crippen LogP contribution >= 0.6 is 0 Å². The number of rotatable bonds is 6. The minimum atomic E-state index is -0.361. The molecule has 0 heterocycles. The first-order chi connectivity index (χ1) is 8.88. The van der Waals surface area contributed by atoms with Gasteiger partial charge in [-0.3, -0.25) is 4.79 Å². The Hall–Kier alpha value is -0.610. The Morgan fingerprint density at radius 2 is 2.11 bits per heavy atom. The smallest absolute Gasteiger partial charge is 0.325 e. The maximum Gasteiger partial charge on any atom is 0.325 e. The highest BCUT2D eigenvalue weighted by molar-refractivity contribution is 5.75. The first-order valence-corrected chi connectivity index (χ1v) is 7.33. The highest BCUT2D eigenvalue weighted by Crippen LogP contribution is 2.39. The quantitative estimate of drug-likeness (QED) is 0.753. The van der Waals surface area contributed by atoms with Crippen LogP contribution in [0.25, 0.3) is 0 Å². The predicted octanol–water partition coefficient (Wildman–Crippen LogP) is 2.37. The van der Waals surface area contributed by atoms with E-state index in [4.69, 9.17) is 9.47 Å². The van der Waals surface area contributed by atoms with E-state index in [0.29, 0.717) is 24.5 Å². The summed E-state index contributed by atoms with van der Waals surface area (Å²) < 4.78 is 11.0. The maximum atomic E-state index is 11.7. The highest BCUT2D eigenvalue weighted by atomic mass is 16.5. The zero-order chi connectivity index (χ0) is 14.5. The predicted molar refractivity (Wildman–Crippen MR) is 76.0 cm³/mol. The molecule has 3 unspecified atom stereocenters. The summed E-state index contributed by atoms with van der Waals surface area (Å²) in [6.07, 6.45) is 3.66. The molecule has 19 heavy (non-hydrogen) atoms. The number of ether oxygens (including phenoxy) is 2. The average Bonchev–Trinajstić information content (AvgIpc) is 2.27. The summed E-state index contributed by atoms with van der Waals surface area (Å²) in [5, 5.41) is 2.96. The lowest BCUT2D eigenvalue weighted by Gasteiger charge is -2.39. The van der Waals surface area contributed by atoms with Gasteiger partial charge in [0.05, 0.1) is 19.3 Å². The lowest BCUT2D eigenvalue weighted by Crippen LogP contribution is -2.42. The summed E-state index contributed by atoms with van der Waals surface area (Å²) >= 11 is 0. The normalized spacial score (nSPS) is 27.8. The minimum absolute atomic E-state index is 0.229. The maximum absolute atomic E-state index is 11.7. The van der Waals surface area contributed by atoms with Gasteiger partial charge in [-0.25, -0.2) is 0 Å². The van der Waals surface area contributed by atoms with E-state index >= 15 is 0 Å². The van der Waals surface area contributed by atoms with Crippen molar-refractivity contribution in [3.8, 4) is 0 Å². The van der Waals surface area contributed by atoms with Crippen molar-refractivity contribution < 1.29 is 14.3 Å². The van der Waals surface area contributed by atoms with E-state index in [0.717, 1.165) is 12.8 Å². The zero-order valence-electron chi connectivity index (χ0n) is 13.0. The van der Waals surface area contributed by atoms with Gasteiger partial charge in [-0.1, -0.05) is 20.8 Å². The molecule has 1 aliphatic rings. The van der Waals surface area contributed by atoms with E-state index in [9.17, 15) is 4.79 Å². The van der Waals surface area contributed by atoms with Crippen LogP contribution in [0.5, 0.6) is 0 Å². The van der Waals surface area contributed by atoms with Gasteiger partial charge in [0.25, 0.3) is 0 Å². The highest BCUT2D eigenvalue weighted by Gasteiger charge is 2.33. The lowest BCUT2D eigenvalue weighted by molar-refractivity contribution is -0.148. The standard InChI is InChI=1S/C15H29NO3/c1-6-18-14(17)13(16-5)10-19-12-7-11(2)8-15(3,4)9-12/h11-13,16H,6-10H2,1-5H3. The molecule has 1 saturated carbocycles. The fraction of sp³-hybridized carbons (Fsp3) is 0.933. The molecule has 0 amide bonds. The summed E-state index contributed by atoms with van der Waals surface area (Å²) in [4.78, 5) is 11.7. The fourth-order valence-corrected chi connectivity index (χ4v) is 3.13. The third-order valence-electron chi connectivity index (χ3n) is 3.76. The number of carbonyl (C=O) groups excluding carboxylic acids is 1. The second kappa shape index (κ2) is 7.25. The van der Waals surface area contributed by atoms with Gasteiger partial charge in [0.15, 0.2) is 0 Å². The Labute approximate surface area is 117 Å². The molecule has 0 aliphatic heterocycles. The van der Waals surface area contributed by atoms with Crippen molar-refractivity contribution in [2.75, 3.05) is 20.3 Å². The van der Waals surface area contributed by atoms with Crippen LogP contribution in [0, 0.1) is 11.3 Å². The number of hydrogen-bond acceptors (Lipinski definition) is 4. The largest absolute Gasteiger partial charge is 0.465 e. The fourth-order valence-electron chi connectivity index (χ4n) is 3.13. The molecule has 1 fully saturated rings. The van der Waals surface area contributed by atoms with Crippen LogP contribution in [0.1, 0.15) is 47.0 Å². The van der Waals surface area contributed by atoms with Crippen LogP contribution in [0.15, 0.2) is 0 Å². The first kappa shape index (κ1) is 16.4. The topological polar surface area (TPSA) is 47.6 Å². The molecule has 4 heteroatoms. The van der Waals surface area contributed by atoms with Gasteiger partial charge in [-0.2, -0.15) is 0 Å². The summed E-state index contributed by atoms with van der Waals surface area (Å²) in [7, 11) is 1.76. The van der Waals surface area contributed by atoms with E-state index in [1.54, 1.807) is 7.05 Å². The van der Waals surface area contributed by atoms with E-state index in [1.165, 1.54) is 6.42 Å². The van der Waals surface area contributed by atoms with E-state index in [2.05, 4.69) is 26.1 Å². The number of carbonyl (C=O) groups is 1. The molecule has 0 aromatic rings. The van der Waals surface area contributed by atoms with Crippen molar-refractivity contribution in [3.63, 3.8) is 0 Å². The Kier molecular flexibility index (Phi) is 6.27. The number of esters is 1. The molecule has 112 valence electrons. The monoisotopic (exact) mass is 271 g/mol. The van der Waals surface area contributed by atoms with Crippen molar-refractivity contribution in [1.29, 1.82) is 0 Å². The van der Waals surface area contributed by atoms with Gasteiger partial charge in [0, 0.05) is 0 Å². The molecule has 0 aromatic heterocycles. The SMILES string of the molecule is CCOC(=O)C(COC1CC(C)CC(C)(C)C1)NC. The van der Waals surface area contributed by atoms with Crippen molar-refractivity contribution in [3.05, 3.63) is 0 Å². The van der Waals surface area contributed by atoms with Gasteiger partial charge in [-0.15, -0.1) is 0 Å². The van der Waals surface area contributed by atoms with Crippen LogP contribution in [0.2, 0.25) is 0 Å². The summed E-state index contributed by atoms with van der Waals surface area (Å²) in [6, 6.07) is -0.361. The molecule has 1 aliphatic carbocycles. The summed E-state index contributed by atoms with van der Waals surface area (Å²) in [5.41, 5.74) is 0.335. The Bertz CT molecular complexity index is 291. The molecule has 0 spiro atoms. The van der Waals surface area contributed by atoms with Crippen LogP contribution < -0.4 is 5.32 Å². The van der Waals surface area contributed by atoms with E-state index < -0.39 is 0 Å². The lowest BCUT2D eigenvalue weighted by atomic mass is 9.71. The Morgan fingerprint density at radius 1 is 1.42 bits per heavy atom. The molecule has 1 N–H and O–H groups in total. The third kappa shape index (κ3) is 5.49. The van der Waals surface area contributed by atoms with Crippen LogP contribution in [-0.4, -0.2) is 38.4 Å². The van der Waals surface area contributed by atoms with Gasteiger partial charge >= 0.3 is 5.97 Å². The summed E-state index contributed by atoms with van der Waals surface area (Å²) in [5.74, 6) is 0.456. The number of likely N-dealkylation sites (N-methyl/N-ethyl adjacent to an activating group) is 1. The molecule has 0 saturated heterocycles. The van der Waals surface area contributed by atoms with Crippen molar-refractivity contribution in [2.24, 2.45) is 11.3 Å². The summed E-state index contributed by atoms with van der Waals surface area (Å²) in [6.45, 7) is 9.47.